The third-order valence-corrected chi connectivity index (χ3v) is 4.09. The molecule has 0 amide bonds. The van der Waals surface area contributed by atoms with Crippen molar-refractivity contribution in [2.45, 2.75) is 25.2 Å². The average molecular weight is 261 g/mol. The van der Waals surface area contributed by atoms with E-state index in [2.05, 4.69) is 4.72 Å². The highest BCUT2D eigenvalue weighted by atomic mass is 32.2. The Morgan fingerprint density at radius 2 is 1.82 bits per heavy atom. The van der Waals surface area contributed by atoms with E-state index in [-0.39, 0.29) is 18.0 Å². The molecule has 0 atom stereocenters. The molecule has 1 aromatic carbocycles. The fourth-order valence-corrected chi connectivity index (χ4v) is 3.20. The number of hydrogen-bond donors (Lipinski definition) is 2. The number of nitrogens with one attached hydrogen (secondary N) is 1. The van der Waals surface area contributed by atoms with Crippen molar-refractivity contribution in [3.63, 3.8) is 0 Å². The molecular weight excluding hydrogens is 245 g/mol. The van der Waals surface area contributed by atoms with E-state index in [0.29, 0.717) is 17.5 Å². The molecule has 96 valence electrons. The van der Waals surface area contributed by atoms with Gasteiger partial charge in [0, 0.05) is 13.2 Å². The van der Waals surface area contributed by atoms with Gasteiger partial charge in [0.2, 0.25) is 10.0 Å². The first-order chi connectivity index (χ1) is 7.88. The largest absolute Gasteiger partial charge is 0.396 e. The molecule has 0 aliphatic heterocycles. The van der Waals surface area contributed by atoms with Crippen LogP contribution in [0.15, 0.2) is 17.0 Å². The van der Waals surface area contributed by atoms with Crippen LogP contribution in [0.4, 0.5) is 4.39 Å². The molecule has 0 aliphatic carbocycles. The summed E-state index contributed by atoms with van der Waals surface area (Å²) in [7, 11) is -3.64. The first-order valence-electron chi connectivity index (χ1n) is 5.26. The van der Waals surface area contributed by atoms with Crippen molar-refractivity contribution >= 4 is 10.0 Å². The van der Waals surface area contributed by atoms with Gasteiger partial charge in [-0.25, -0.2) is 17.5 Å². The summed E-state index contributed by atoms with van der Waals surface area (Å²) in [5.41, 5.74) is 0.748. The van der Waals surface area contributed by atoms with Gasteiger partial charge in [0.15, 0.2) is 0 Å². The molecule has 0 spiro atoms. The van der Waals surface area contributed by atoms with Gasteiger partial charge in [-0.15, -0.1) is 0 Å². The Hall–Kier alpha value is -0.980. The summed E-state index contributed by atoms with van der Waals surface area (Å²) in [6.45, 7) is 3.19. The Morgan fingerprint density at radius 3 is 2.29 bits per heavy atom. The summed E-state index contributed by atoms with van der Waals surface area (Å²) in [5.74, 6) is -0.450. The predicted molar refractivity (Wildman–Crippen MR) is 62.8 cm³/mol. The Bertz CT molecular complexity index is 476. The van der Waals surface area contributed by atoms with Crippen molar-refractivity contribution in [1.82, 2.24) is 4.72 Å². The van der Waals surface area contributed by atoms with Crippen molar-refractivity contribution in [2.24, 2.45) is 0 Å². The van der Waals surface area contributed by atoms with E-state index in [1.165, 1.54) is 12.1 Å². The maximum Gasteiger partial charge on any atom is 0.241 e. The Balaban J connectivity index is 3.07. The SMILES string of the molecule is Cc1cc(F)cc(C)c1S(=O)(=O)NCCCO. The van der Waals surface area contributed by atoms with Crippen molar-refractivity contribution < 1.29 is 17.9 Å². The van der Waals surface area contributed by atoms with Crippen LogP contribution in [0.2, 0.25) is 0 Å². The van der Waals surface area contributed by atoms with Crippen molar-refractivity contribution in [3.05, 3.63) is 29.1 Å². The summed E-state index contributed by atoms with van der Waals surface area (Å²) < 4.78 is 39.3. The fourth-order valence-electron chi connectivity index (χ4n) is 1.68. The molecule has 0 bridgehead atoms. The second kappa shape index (κ2) is 5.57. The number of hydrogen-bond acceptors (Lipinski definition) is 3. The maximum absolute atomic E-state index is 13.1. The van der Waals surface area contributed by atoms with Crippen molar-refractivity contribution in [1.29, 1.82) is 0 Å². The van der Waals surface area contributed by atoms with Crippen LogP contribution in [0.3, 0.4) is 0 Å². The summed E-state index contributed by atoms with van der Waals surface area (Å²) >= 11 is 0. The minimum atomic E-state index is -3.64. The van der Waals surface area contributed by atoms with Crippen LogP contribution in [0.1, 0.15) is 17.5 Å². The molecule has 0 aliphatic rings. The van der Waals surface area contributed by atoms with E-state index in [9.17, 15) is 12.8 Å². The van der Waals surface area contributed by atoms with E-state index in [0.717, 1.165) is 0 Å². The smallest absolute Gasteiger partial charge is 0.241 e. The molecule has 4 nitrogen and oxygen atoms in total. The number of halogens is 1. The summed E-state index contributed by atoms with van der Waals surface area (Å²) in [5, 5.41) is 8.59. The summed E-state index contributed by atoms with van der Waals surface area (Å²) in [6.07, 6.45) is 0.346. The monoisotopic (exact) mass is 261 g/mol. The van der Waals surface area contributed by atoms with Gasteiger partial charge >= 0.3 is 0 Å². The Morgan fingerprint density at radius 1 is 1.29 bits per heavy atom. The highest BCUT2D eigenvalue weighted by Crippen LogP contribution is 2.20. The zero-order valence-electron chi connectivity index (χ0n) is 9.83. The average Bonchev–Trinajstić information content (AvgIpc) is 2.15. The van der Waals surface area contributed by atoms with Crippen LogP contribution in [-0.2, 0) is 10.0 Å². The number of aliphatic hydroxyl groups is 1. The predicted octanol–water partition coefficient (Wildman–Crippen LogP) is 1.10. The van der Waals surface area contributed by atoms with Gasteiger partial charge in [0.1, 0.15) is 5.82 Å². The molecule has 0 saturated heterocycles. The van der Waals surface area contributed by atoms with Gasteiger partial charge in [-0.05, 0) is 43.5 Å². The molecule has 0 radical (unpaired) electrons. The zero-order valence-corrected chi connectivity index (χ0v) is 10.6. The Labute approximate surface area is 101 Å². The fraction of sp³-hybridized carbons (Fsp3) is 0.455. The highest BCUT2D eigenvalue weighted by Gasteiger charge is 2.19. The van der Waals surface area contributed by atoms with Gasteiger partial charge in [-0.1, -0.05) is 0 Å². The highest BCUT2D eigenvalue weighted by molar-refractivity contribution is 7.89. The van der Waals surface area contributed by atoms with Gasteiger partial charge in [-0.2, -0.15) is 0 Å². The number of aryl methyl sites for hydroxylation is 2. The standard InChI is InChI=1S/C11H16FNO3S/c1-8-6-10(12)7-9(2)11(8)17(15,16)13-4-3-5-14/h6-7,13-14H,3-5H2,1-2H3. The number of benzene rings is 1. The maximum atomic E-state index is 13.1. The summed E-state index contributed by atoms with van der Waals surface area (Å²) in [4.78, 5) is 0.108. The van der Waals surface area contributed by atoms with Crippen molar-refractivity contribution in [2.75, 3.05) is 13.2 Å². The van der Waals surface area contributed by atoms with Crippen LogP contribution in [0, 0.1) is 19.7 Å². The van der Waals surface area contributed by atoms with E-state index >= 15 is 0 Å². The second-order valence-electron chi connectivity index (χ2n) is 3.84. The third kappa shape index (κ3) is 3.49. The van der Waals surface area contributed by atoms with Gasteiger partial charge < -0.3 is 5.11 Å². The quantitative estimate of drug-likeness (QED) is 0.780. The minimum Gasteiger partial charge on any atom is -0.396 e. The van der Waals surface area contributed by atoms with Crippen LogP contribution < -0.4 is 4.72 Å². The normalized spacial score (nSPS) is 11.8. The first kappa shape index (κ1) is 14.1. The van der Waals surface area contributed by atoms with E-state index in [1.807, 2.05) is 0 Å². The van der Waals surface area contributed by atoms with Crippen LogP contribution in [0.25, 0.3) is 0 Å². The van der Waals surface area contributed by atoms with E-state index in [4.69, 9.17) is 5.11 Å². The second-order valence-corrected chi connectivity index (χ2v) is 5.55. The Kier molecular flexibility index (Phi) is 4.62. The molecule has 2 N–H and O–H groups in total. The van der Waals surface area contributed by atoms with Gasteiger partial charge in [0.05, 0.1) is 4.90 Å². The van der Waals surface area contributed by atoms with E-state index < -0.39 is 15.8 Å². The van der Waals surface area contributed by atoms with Crippen LogP contribution in [0.5, 0.6) is 0 Å². The van der Waals surface area contributed by atoms with Gasteiger partial charge in [-0.3, -0.25) is 0 Å². The topological polar surface area (TPSA) is 66.4 Å². The molecule has 6 heteroatoms. The molecular formula is C11H16FNO3S. The first-order valence-corrected chi connectivity index (χ1v) is 6.74. The van der Waals surface area contributed by atoms with Gasteiger partial charge in [0.25, 0.3) is 0 Å². The lowest BCUT2D eigenvalue weighted by Gasteiger charge is -2.11. The molecule has 0 fully saturated rings. The lowest BCUT2D eigenvalue weighted by Crippen LogP contribution is -2.26. The van der Waals surface area contributed by atoms with Crippen LogP contribution >= 0.6 is 0 Å². The minimum absolute atomic E-state index is 0.0795. The zero-order chi connectivity index (χ0) is 13.1. The molecule has 1 rings (SSSR count). The number of sulfonamides is 1. The summed E-state index contributed by atoms with van der Waals surface area (Å²) in [6, 6.07) is 2.38. The lowest BCUT2D eigenvalue weighted by molar-refractivity contribution is 0.289. The lowest BCUT2D eigenvalue weighted by atomic mass is 10.1. The van der Waals surface area contributed by atoms with Crippen molar-refractivity contribution in [3.8, 4) is 0 Å². The molecule has 0 unspecified atom stereocenters. The number of aliphatic hydroxyl groups excluding tert-OH is 1. The van der Waals surface area contributed by atoms with Crippen LogP contribution in [-0.4, -0.2) is 26.7 Å². The molecule has 1 aromatic rings. The van der Waals surface area contributed by atoms with E-state index in [1.54, 1.807) is 13.8 Å². The molecule has 0 aromatic heterocycles. The number of rotatable bonds is 5. The third-order valence-electron chi connectivity index (χ3n) is 2.32. The molecule has 0 heterocycles. The molecule has 0 saturated carbocycles. The molecule has 17 heavy (non-hydrogen) atoms.